The van der Waals surface area contributed by atoms with Crippen LogP contribution in [0.15, 0.2) is 0 Å². The van der Waals surface area contributed by atoms with Gasteiger partial charge in [0.25, 0.3) is 0 Å². The van der Waals surface area contributed by atoms with E-state index >= 15 is 0 Å². The summed E-state index contributed by atoms with van der Waals surface area (Å²) in [4.78, 5) is 11.1. The van der Waals surface area contributed by atoms with Crippen LogP contribution < -0.4 is 0 Å². The van der Waals surface area contributed by atoms with Crippen molar-refractivity contribution >= 4 is 5.97 Å². The van der Waals surface area contributed by atoms with Crippen molar-refractivity contribution in [2.45, 2.75) is 47.0 Å². The molecule has 0 radical (unpaired) electrons. The van der Waals surface area contributed by atoms with Gasteiger partial charge in [0, 0.05) is 0 Å². The van der Waals surface area contributed by atoms with Gasteiger partial charge in [-0.25, -0.2) is 0 Å². The third-order valence-electron chi connectivity index (χ3n) is 1.72. The fourth-order valence-electron chi connectivity index (χ4n) is 1.07. The Morgan fingerprint density at radius 2 is 1.24 bits per heavy atom. The van der Waals surface area contributed by atoms with Gasteiger partial charge in [-0.1, -0.05) is 0 Å². The molecule has 0 saturated carbocycles. The molecular formula is C11H24O5Ti. The van der Waals surface area contributed by atoms with Crippen molar-refractivity contribution in [3.05, 3.63) is 0 Å². The minimum absolute atomic E-state index is 0.409. The summed E-state index contributed by atoms with van der Waals surface area (Å²) in [7, 11) is 0. The molecule has 0 fully saturated rings. The summed E-state index contributed by atoms with van der Waals surface area (Å²) in [6.45, 7) is 8.77. The van der Waals surface area contributed by atoms with Crippen LogP contribution in [0.25, 0.3) is 0 Å². The van der Waals surface area contributed by atoms with E-state index in [-0.39, 0.29) is 0 Å². The average Bonchev–Trinajstić information content (AvgIpc) is 2.30. The topological polar surface area (TPSA) is 54.0 Å². The summed E-state index contributed by atoms with van der Waals surface area (Å²) >= 11 is -3.83. The van der Waals surface area contributed by atoms with Gasteiger partial charge in [0.15, 0.2) is 0 Å². The second-order valence-corrected chi connectivity index (χ2v) is 6.87. The van der Waals surface area contributed by atoms with E-state index in [0.717, 1.165) is 19.3 Å². The maximum absolute atomic E-state index is 11.1. The third-order valence-corrected chi connectivity index (χ3v) is 5.17. The van der Waals surface area contributed by atoms with Gasteiger partial charge in [0.1, 0.15) is 0 Å². The first-order valence-electron chi connectivity index (χ1n) is 6.21. The molecule has 0 aliphatic carbocycles. The van der Waals surface area contributed by atoms with Gasteiger partial charge in [0.05, 0.1) is 0 Å². The predicted octanol–water partition coefficient (Wildman–Crippen LogP) is 2.64. The van der Waals surface area contributed by atoms with Gasteiger partial charge in [-0.05, 0) is 0 Å². The molecule has 5 nitrogen and oxygen atoms in total. The second kappa shape index (κ2) is 10.0. The summed E-state index contributed by atoms with van der Waals surface area (Å²) in [5.74, 6) is -0.409. The monoisotopic (exact) mass is 284 g/mol. The van der Waals surface area contributed by atoms with Crippen LogP contribution in [0.4, 0.5) is 0 Å². The first kappa shape index (κ1) is 17.1. The summed E-state index contributed by atoms with van der Waals surface area (Å²) in [5.41, 5.74) is 0. The zero-order valence-corrected chi connectivity index (χ0v) is 12.8. The number of carbonyl (C=O) groups is 1. The van der Waals surface area contributed by atoms with Crippen molar-refractivity contribution in [3.8, 4) is 0 Å². The van der Waals surface area contributed by atoms with Gasteiger partial charge < -0.3 is 0 Å². The average molecular weight is 284 g/mol. The summed E-state index contributed by atoms with van der Waals surface area (Å²) in [6.07, 6.45) is 2.50. The zero-order chi connectivity index (χ0) is 13.1. The first-order valence-corrected chi connectivity index (χ1v) is 8.76. The van der Waals surface area contributed by atoms with Crippen LogP contribution in [0, 0.1) is 0 Å². The van der Waals surface area contributed by atoms with Crippen LogP contribution >= 0.6 is 0 Å². The van der Waals surface area contributed by atoms with Gasteiger partial charge >= 0.3 is 109 Å². The Bertz CT molecular complexity index is 188. The molecule has 0 unspecified atom stereocenters. The van der Waals surface area contributed by atoms with E-state index in [9.17, 15) is 4.79 Å². The molecule has 0 aromatic carbocycles. The standard InChI is InChI=1S/3C3H7O.C2H4O2.Ti/c3*1-2-3-4;1-2(3)4;/h3*2-3H2,1H3;1H3,(H,3,4);/q3*-1;;+4/p-1. The van der Waals surface area contributed by atoms with Crippen molar-refractivity contribution in [2.24, 2.45) is 0 Å². The third kappa shape index (κ3) is 7.89. The van der Waals surface area contributed by atoms with Crippen LogP contribution in [0.3, 0.4) is 0 Å². The molecule has 0 saturated heterocycles. The minimum atomic E-state index is -3.83. The molecule has 0 rings (SSSR count). The number of carbonyl (C=O) groups excluding carboxylic acids is 1. The Morgan fingerprint density at radius 1 is 0.882 bits per heavy atom. The van der Waals surface area contributed by atoms with E-state index in [0.29, 0.717) is 19.8 Å². The Labute approximate surface area is 109 Å². The Hall–Kier alpha value is 0.0643. The van der Waals surface area contributed by atoms with Crippen molar-refractivity contribution in [3.63, 3.8) is 0 Å². The quantitative estimate of drug-likeness (QED) is 0.577. The maximum atomic E-state index is 11.1. The SMILES string of the molecule is CCC[O][Ti]([O]CCC)([O]CCC)[O]C(C)=O. The molecule has 0 atom stereocenters. The summed E-state index contributed by atoms with van der Waals surface area (Å²) in [6, 6.07) is 0. The van der Waals surface area contributed by atoms with E-state index in [1.54, 1.807) is 0 Å². The van der Waals surface area contributed by atoms with Crippen molar-refractivity contribution in [1.29, 1.82) is 0 Å². The van der Waals surface area contributed by atoms with Gasteiger partial charge in [-0.3, -0.25) is 0 Å². The Kier molecular flexibility index (Phi) is 10.1. The van der Waals surface area contributed by atoms with Gasteiger partial charge in [-0.15, -0.1) is 0 Å². The molecule has 0 aromatic heterocycles. The van der Waals surface area contributed by atoms with Crippen molar-refractivity contribution < 1.29 is 36.2 Å². The van der Waals surface area contributed by atoms with E-state index in [1.807, 2.05) is 20.8 Å². The molecule has 6 heteroatoms. The number of rotatable bonds is 10. The van der Waals surface area contributed by atoms with Gasteiger partial charge in [-0.2, -0.15) is 0 Å². The zero-order valence-electron chi connectivity index (χ0n) is 11.3. The number of hydrogen-bond donors (Lipinski definition) is 0. The van der Waals surface area contributed by atoms with E-state index in [1.165, 1.54) is 6.92 Å². The summed E-state index contributed by atoms with van der Waals surface area (Å²) < 4.78 is 22.0. The van der Waals surface area contributed by atoms with Crippen LogP contribution in [0.5, 0.6) is 0 Å². The molecule has 102 valence electrons. The molecule has 0 aliphatic heterocycles. The molecular weight excluding hydrogens is 260 g/mol. The Morgan fingerprint density at radius 3 is 1.47 bits per heavy atom. The van der Waals surface area contributed by atoms with Crippen molar-refractivity contribution in [1.82, 2.24) is 0 Å². The molecule has 0 bridgehead atoms. The van der Waals surface area contributed by atoms with Crippen molar-refractivity contribution in [2.75, 3.05) is 19.8 Å². The van der Waals surface area contributed by atoms with Crippen LogP contribution in [-0.2, 0) is 36.2 Å². The molecule has 0 spiro atoms. The number of hydrogen-bond acceptors (Lipinski definition) is 5. The predicted molar refractivity (Wildman–Crippen MR) is 60.5 cm³/mol. The fraction of sp³-hybridized carbons (Fsp3) is 0.909. The molecule has 0 heterocycles. The van der Waals surface area contributed by atoms with E-state index in [2.05, 4.69) is 0 Å². The first-order chi connectivity index (χ1) is 8.10. The van der Waals surface area contributed by atoms with E-state index < -0.39 is 24.1 Å². The summed E-state index contributed by atoms with van der Waals surface area (Å²) in [5, 5.41) is 0. The fourth-order valence-corrected chi connectivity index (χ4v) is 4.41. The van der Waals surface area contributed by atoms with Gasteiger partial charge in [0.2, 0.25) is 0 Å². The normalized spacial score (nSPS) is 11.5. The molecule has 0 aromatic rings. The molecule has 17 heavy (non-hydrogen) atoms. The van der Waals surface area contributed by atoms with Crippen LogP contribution in [0.2, 0.25) is 0 Å². The van der Waals surface area contributed by atoms with Crippen LogP contribution in [0.1, 0.15) is 47.0 Å². The molecule has 0 N–H and O–H groups in total. The molecule has 0 amide bonds. The Balaban J connectivity index is 4.56. The second-order valence-electron chi connectivity index (χ2n) is 3.64. The van der Waals surface area contributed by atoms with Crippen LogP contribution in [-0.4, -0.2) is 25.8 Å². The van der Waals surface area contributed by atoms with E-state index in [4.69, 9.17) is 13.3 Å². The molecule has 0 aliphatic rings.